The lowest BCUT2D eigenvalue weighted by atomic mass is 9.49. The van der Waals surface area contributed by atoms with Crippen molar-refractivity contribution in [2.24, 2.45) is 23.2 Å². The van der Waals surface area contributed by atoms with Gasteiger partial charge in [0.1, 0.15) is 0 Å². The lowest BCUT2D eigenvalue weighted by Gasteiger charge is -2.56. The number of hydrogen-bond donors (Lipinski definition) is 1. The molecule has 3 heteroatoms. The number of carbonyl (C=O) groups excluding carboxylic acids is 1. The maximum atomic E-state index is 12.7. The average molecular weight is 270 g/mol. The van der Waals surface area contributed by atoms with E-state index in [0.717, 1.165) is 37.0 Å². The van der Waals surface area contributed by atoms with E-state index in [-0.39, 0.29) is 16.9 Å². The Hall–Kier alpha value is -0.240. The molecule has 0 heterocycles. The summed E-state index contributed by atoms with van der Waals surface area (Å²) in [6, 6.07) is 0. The van der Waals surface area contributed by atoms with E-state index in [1.165, 1.54) is 19.3 Å². The molecule has 4 fully saturated rings. The van der Waals surface area contributed by atoms with E-state index >= 15 is 0 Å². The molecule has 0 saturated heterocycles. The van der Waals surface area contributed by atoms with Crippen molar-refractivity contribution >= 4 is 17.5 Å². The molecule has 4 aliphatic rings. The molecule has 0 aromatic heterocycles. The van der Waals surface area contributed by atoms with Crippen LogP contribution in [0.3, 0.4) is 0 Å². The van der Waals surface area contributed by atoms with Crippen molar-refractivity contribution in [3.05, 3.63) is 0 Å². The Balaban J connectivity index is 1.77. The number of halogens is 1. The van der Waals surface area contributed by atoms with E-state index < -0.39 is 0 Å². The van der Waals surface area contributed by atoms with Crippen molar-refractivity contribution in [1.82, 2.24) is 5.32 Å². The first-order valence-corrected chi connectivity index (χ1v) is 7.84. The van der Waals surface area contributed by atoms with Gasteiger partial charge in [0.25, 0.3) is 0 Å². The minimum Gasteiger partial charge on any atom is -0.350 e. The van der Waals surface area contributed by atoms with E-state index in [0.29, 0.717) is 5.88 Å². The number of carbonyl (C=O) groups is 1. The Morgan fingerprint density at radius 3 is 2.00 bits per heavy atom. The Morgan fingerprint density at radius 1 is 1.17 bits per heavy atom. The molecule has 0 aromatic carbocycles. The van der Waals surface area contributed by atoms with Gasteiger partial charge in [-0.2, -0.15) is 0 Å². The highest BCUT2D eigenvalue weighted by Crippen LogP contribution is 2.60. The fraction of sp³-hybridized carbons (Fsp3) is 0.933. The second kappa shape index (κ2) is 4.13. The van der Waals surface area contributed by atoms with Gasteiger partial charge in [0.2, 0.25) is 5.91 Å². The molecule has 0 radical (unpaired) electrons. The van der Waals surface area contributed by atoms with Crippen molar-refractivity contribution in [3.8, 4) is 0 Å². The van der Waals surface area contributed by atoms with Gasteiger partial charge in [-0.25, -0.2) is 0 Å². The fourth-order valence-electron chi connectivity index (χ4n) is 4.86. The zero-order valence-electron chi connectivity index (χ0n) is 11.5. The molecule has 4 rings (SSSR count). The minimum atomic E-state index is -0.276. The van der Waals surface area contributed by atoms with Crippen LogP contribution in [0.2, 0.25) is 0 Å². The summed E-state index contributed by atoms with van der Waals surface area (Å²) in [6.07, 6.45) is 7.53. The van der Waals surface area contributed by atoms with Crippen molar-refractivity contribution in [2.45, 2.75) is 57.9 Å². The van der Waals surface area contributed by atoms with Crippen LogP contribution in [0.5, 0.6) is 0 Å². The molecule has 4 saturated carbocycles. The Kier molecular flexibility index (Phi) is 2.93. The summed E-state index contributed by atoms with van der Waals surface area (Å²) < 4.78 is 0. The first-order chi connectivity index (χ1) is 8.42. The molecule has 0 aromatic rings. The van der Waals surface area contributed by atoms with Gasteiger partial charge in [-0.05, 0) is 70.1 Å². The molecule has 4 aliphatic carbocycles. The van der Waals surface area contributed by atoms with Crippen LogP contribution in [0.4, 0.5) is 0 Å². The predicted molar refractivity (Wildman–Crippen MR) is 73.5 cm³/mol. The lowest BCUT2D eigenvalue weighted by molar-refractivity contribution is -0.147. The fourth-order valence-corrected chi connectivity index (χ4v) is 4.93. The third-order valence-corrected chi connectivity index (χ3v) is 5.97. The van der Waals surface area contributed by atoms with Gasteiger partial charge in [0.15, 0.2) is 0 Å². The highest BCUT2D eigenvalue weighted by molar-refractivity contribution is 6.18. The zero-order chi connectivity index (χ0) is 13.0. The molecule has 4 bridgehead atoms. The van der Waals surface area contributed by atoms with Crippen LogP contribution in [-0.4, -0.2) is 17.3 Å². The summed E-state index contributed by atoms with van der Waals surface area (Å²) in [4.78, 5) is 12.7. The van der Waals surface area contributed by atoms with Gasteiger partial charge in [0.05, 0.1) is 0 Å². The second-order valence-corrected chi connectivity index (χ2v) is 7.94. The van der Waals surface area contributed by atoms with Crippen LogP contribution in [0.15, 0.2) is 0 Å². The third-order valence-electron chi connectivity index (χ3n) is 5.31. The number of alkyl halides is 1. The number of hydrogen-bond acceptors (Lipinski definition) is 1. The average Bonchev–Trinajstić information content (AvgIpc) is 2.26. The van der Waals surface area contributed by atoms with Crippen LogP contribution in [0, 0.1) is 23.2 Å². The molecule has 0 unspecified atom stereocenters. The van der Waals surface area contributed by atoms with Crippen LogP contribution in [-0.2, 0) is 4.79 Å². The summed E-state index contributed by atoms with van der Waals surface area (Å²) in [5, 5.41) is 3.19. The second-order valence-electron chi connectivity index (χ2n) is 7.67. The molecule has 2 nitrogen and oxygen atoms in total. The SMILES string of the molecule is CC(C)(CCl)NC(=O)C12CC3CC(CC(C3)C1)C2. The first kappa shape index (κ1) is 12.8. The van der Waals surface area contributed by atoms with Crippen LogP contribution in [0.25, 0.3) is 0 Å². The van der Waals surface area contributed by atoms with Gasteiger partial charge in [-0.15, -0.1) is 11.6 Å². The van der Waals surface area contributed by atoms with E-state index in [9.17, 15) is 4.79 Å². The van der Waals surface area contributed by atoms with E-state index in [2.05, 4.69) is 5.32 Å². The molecule has 0 aliphatic heterocycles. The van der Waals surface area contributed by atoms with E-state index in [4.69, 9.17) is 11.6 Å². The minimum absolute atomic E-state index is 0.0436. The molecule has 0 spiro atoms. The van der Waals surface area contributed by atoms with Crippen molar-refractivity contribution in [2.75, 3.05) is 5.88 Å². The van der Waals surface area contributed by atoms with Gasteiger partial charge >= 0.3 is 0 Å². The standard InChI is InChI=1S/C15H24ClNO/c1-14(2,9-16)17-13(18)15-6-10-3-11(7-15)5-12(4-10)8-15/h10-12H,3-9H2,1-2H3,(H,17,18). The van der Waals surface area contributed by atoms with E-state index in [1.807, 2.05) is 13.8 Å². The van der Waals surface area contributed by atoms with Gasteiger partial charge in [-0.1, -0.05) is 0 Å². The monoisotopic (exact) mass is 269 g/mol. The highest BCUT2D eigenvalue weighted by atomic mass is 35.5. The summed E-state index contributed by atoms with van der Waals surface area (Å²) in [5.41, 5.74) is -0.319. The lowest BCUT2D eigenvalue weighted by Crippen LogP contribution is -2.57. The van der Waals surface area contributed by atoms with Crippen molar-refractivity contribution in [3.63, 3.8) is 0 Å². The van der Waals surface area contributed by atoms with Gasteiger partial charge < -0.3 is 5.32 Å². The summed E-state index contributed by atoms with van der Waals surface area (Å²) in [7, 11) is 0. The maximum Gasteiger partial charge on any atom is 0.226 e. The topological polar surface area (TPSA) is 29.1 Å². The molecular weight excluding hydrogens is 246 g/mol. The van der Waals surface area contributed by atoms with Gasteiger partial charge in [0, 0.05) is 16.8 Å². The van der Waals surface area contributed by atoms with Crippen LogP contribution >= 0.6 is 11.6 Å². The Labute approximate surface area is 115 Å². The van der Waals surface area contributed by atoms with Crippen molar-refractivity contribution < 1.29 is 4.79 Å². The zero-order valence-corrected chi connectivity index (χ0v) is 12.2. The molecule has 18 heavy (non-hydrogen) atoms. The maximum absolute atomic E-state index is 12.7. The first-order valence-electron chi connectivity index (χ1n) is 7.31. The molecule has 1 amide bonds. The Bertz CT molecular complexity index is 328. The number of rotatable bonds is 3. The molecule has 102 valence electrons. The molecular formula is C15H24ClNO. The van der Waals surface area contributed by atoms with Gasteiger partial charge in [-0.3, -0.25) is 4.79 Å². The number of nitrogens with one attached hydrogen (secondary N) is 1. The normalized spacial score (nSPS) is 42.1. The van der Waals surface area contributed by atoms with Crippen molar-refractivity contribution in [1.29, 1.82) is 0 Å². The van der Waals surface area contributed by atoms with Crippen LogP contribution < -0.4 is 5.32 Å². The van der Waals surface area contributed by atoms with E-state index in [1.54, 1.807) is 0 Å². The molecule has 1 N–H and O–H groups in total. The Morgan fingerprint density at radius 2 is 1.61 bits per heavy atom. The quantitative estimate of drug-likeness (QED) is 0.783. The largest absolute Gasteiger partial charge is 0.350 e. The van der Waals surface area contributed by atoms with Crippen LogP contribution in [0.1, 0.15) is 52.4 Å². The predicted octanol–water partition coefficient (Wildman–Crippen LogP) is 3.34. The summed E-state index contributed by atoms with van der Waals surface area (Å²) >= 11 is 5.93. The summed E-state index contributed by atoms with van der Waals surface area (Å²) in [5.74, 6) is 3.22. The smallest absolute Gasteiger partial charge is 0.226 e. The number of amides is 1. The molecule has 0 atom stereocenters. The third kappa shape index (κ3) is 2.07. The highest BCUT2D eigenvalue weighted by Gasteiger charge is 2.54. The summed E-state index contributed by atoms with van der Waals surface area (Å²) in [6.45, 7) is 4.02.